The molecule has 0 N–H and O–H groups in total. The van der Waals surface area contributed by atoms with Gasteiger partial charge in [-0.2, -0.15) is 8.42 Å². The third kappa shape index (κ3) is 3.42. The lowest BCUT2D eigenvalue weighted by Crippen LogP contribution is -2.05. The highest BCUT2D eigenvalue weighted by Crippen LogP contribution is 2.27. The van der Waals surface area contributed by atoms with Crippen molar-refractivity contribution in [1.82, 2.24) is 0 Å². The van der Waals surface area contributed by atoms with Gasteiger partial charge in [0.05, 0.1) is 16.3 Å². The van der Waals surface area contributed by atoms with Crippen LogP contribution >= 0.6 is 23.2 Å². The van der Waals surface area contributed by atoms with E-state index in [0.717, 1.165) is 6.26 Å². The normalized spacial score (nSPS) is 11.3. The van der Waals surface area contributed by atoms with Crippen molar-refractivity contribution in [3.63, 3.8) is 0 Å². The summed E-state index contributed by atoms with van der Waals surface area (Å²) < 4.78 is 26.0. The summed E-state index contributed by atoms with van der Waals surface area (Å²) in [5.74, 6) is 0.0218. The van der Waals surface area contributed by atoms with Crippen LogP contribution in [0.4, 0.5) is 0 Å². The van der Waals surface area contributed by atoms with Gasteiger partial charge in [0.2, 0.25) is 0 Å². The summed E-state index contributed by atoms with van der Waals surface area (Å²) in [7, 11) is -3.56. The van der Waals surface area contributed by atoms with Crippen molar-refractivity contribution >= 4 is 33.3 Å². The molecule has 0 unspecified atom stereocenters. The Hall–Kier alpha value is -0.450. The summed E-state index contributed by atoms with van der Waals surface area (Å²) in [6.45, 7) is 0. The van der Waals surface area contributed by atoms with Gasteiger partial charge in [-0.3, -0.25) is 0 Å². The monoisotopic (exact) mass is 239 g/mol. The Morgan fingerprint density at radius 2 is 2.08 bits per heavy atom. The molecule has 1 aromatic rings. The zero-order valence-electron chi connectivity index (χ0n) is 6.54. The zero-order chi connectivity index (χ0) is 10.1. The highest BCUT2D eigenvalue weighted by Gasteiger charge is 2.08. The number of benzene rings is 1. The molecule has 0 saturated carbocycles. The van der Waals surface area contributed by atoms with Gasteiger partial charge >= 0.3 is 10.1 Å². The molecule has 0 heterocycles. The minimum Gasteiger partial charge on any atom is -0.381 e. The number of hydrogen-bond donors (Lipinski definition) is 0. The van der Waals surface area contributed by atoms with Crippen molar-refractivity contribution in [3.05, 3.63) is 28.2 Å². The summed E-state index contributed by atoms with van der Waals surface area (Å²) in [4.78, 5) is 0. The van der Waals surface area contributed by atoms with Crippen molar-refractivity contribution in [2.75, 3.05) is 6.26 Å². The number of halogens is 2. The second kappa shape index (κ2) is 3.74. The fourth-order valence-corrected chi connectivity index (χ4v) is 1.59. The molecule has 0 aliphatic carbocycles. The molecule has 0 aromatic heterocycles. The van der Waals surface area contributed by atoms with Gasteiger partial charge in [-0.25, -0.2) is 0 Å². The molecule has 1 rings (SSSR count). The van der Waals surface area contributed by atoms with E-state index in [-0.39, 0.29) is 10.8 Å². The van der Waals surface area contributed by atoms with E-state index in [0.29, 0.717) is 5.02 Å². The van der Waals surface area contributed by atoms with Gasteiger partial charge in [0, 0.05) is 6.07 Å². The molecule has 1 radical (unpaired) electrons. The summed E-state index contributed by atoms with van der Waals surface area (Å²) in [6, 6.07) is 5.18. The maximum absolute atomic E-state index is 10.7. The van der Waals surface area contributed by atoms with Crippen molar-refractivity contribution in [2.45, 2.75) is 0 Å². The standard InChI is InChI=1S/C7H5Cl2O3S/c1-13(10,11)12-7-3-2-5(8)4-6(7)9/h3-4H,1H3. The third-order valence-electron chi connectivity index (χ3n) is 1.07. The van der Waals surface area contributed by atoms with E-state index in [1.54, 1.807) is 0 Å². The van der Waals surface area contributed by atoms with Crippen LogP contribution in [-0.2, 0) is 10.1 Å². The lowest BCUT2D eigenvalue weighted by molar-refractivity contribution is 0.493. The average molecular weight is 240 g/mol. The molecule has 0 atom stereocenters. The fourth-order valence-electron chi connectivity index (χ4n) is 0.654. The largest absolute Gasteiger partial charge is 0.381 e. The van der Waals surface area contributed by atoms with Crippen molar-refractivity contribution in [2.24, 2.45) is 0 Å². The van der Waals surface area contributed by atoms with E-state index >= 15 is 0 Å². The molecule has 13 heavy (non-hydrogen) atoms. The molecule has 0 amide bonds. The second-order valence-electron chi connectivity index (χ2n) is 2.28. The fraction of sp³-hybridized carbons (Fsp3) is 0.143. The van der Waals surface area contributed by atoms with Crippen LogP contribution in [0, 0.1) is 6.07 Å². The Kier molecular flexibility index (Phi) is 3.05. The molecule has 71 valence electrons. The Morgan fingerprint density at radius 1 is 1.46 bits per heavy atom. The molecule has 0 saturated heterocycles. The highest BCUT2D eigenvalue weighted by atomic mass is 35.5. The first kappa shape index (κ1) is 10.6. The van der Waals surface area contributed by atoms with Crippen molar-refractivity contribution < 1.29 is 12.6 Å². The SMILES string of the molecule is CS(=O)(=O)Oc1c[c]c(Cl)cc1Cl. The van der Waals surface area contributed by atoms with Crippen LogP contribution in [0.1, 0.15) is 0 Å². The van der Waals surface area contributed by atoms with E-state index in [9.17, 15) is 8.42 Å². The molecule has 0 aliphatic heterocycles. The maximum atomic E-state index is 10.7. The minimum atomic E-state index is -3.56. The topological polar surface area (TPSA) is 43.4 Å². The van der Waals surface area contributed by atoms with Gasteiger partial charge in [-0.05, 0) is 12.1 Å². The quantitative estimate of drug-likeness (QED) is 0.743. The smallest absolute Gasteiger partial charge is 0.306 e. The van der Waals surface area contributed by atoms with Crippen LogP contribution in [0.2, 0.25) is 10.0 Å². The molecule has 0 bridgehead atoms. The summed E-state index contributed by atoms with van der Waals surface area (Å²) in [5, 5.41) is 0.431. The first-order chi connectivity index (χ1) is 5.88. The Bertz CT molecular complexity index is 414. The van der Waals surface area contributed by atoms with Crippen molar-refractivity contribution in [1.29, 1.82) is 0 Å². The van der Waals surface area contributed by atoms with Gasteiger partial charge in [-0.1, -0.05) is 23.2 Å². The van der Waals surface area contributed by atoms with Gasteiger partial charge in [0.25, 0.3) is 0 Å². The molecular formula is C7H5Cl2O3S. The molecule has 6 heteroatoms. The van der Waals surface area contributed by atoms with Crippen LogP contribution in [0.15, 0.2) is 12.1 Å². The van der Waals surface area contributed by atoms with Gasteiger partial charge in [-0.15, -0.1) is 0 Å². The number of hydrogen-bond acceptors (Lipinski definition) is 3. The van der Waals surface area contributed by atoms with Crippen LogP contribution in [0.3, 0.4) is 0 Å². The Balaban J connectivity index is 3.04. The summed E-state index contributed by atoms with van der Waals surface area (Å²) in [6.07, 6.45) is 0.929. The van der Waals surface area contributed by atoms with Gasteiger partial charge in [0.15, 0.2) is 5.75 Å². The highest BCUT2D eigenvalue weighted by molar-refractivity contribution is 7.86. The van der Waals surface area contributed by atoms with E-state index in [1.807, 2.05) is 0 Å². The van der Waals surface area contributed by atoms with E-state index in [4.69, 9.17) is 23.2 Å². The summed E-state index contributed by atoms with van der Waals surface area (Å²) >= 11 is 11.2. The molecule has 0 spiro atoms. The average Bonchev–Trinajstić information content (AvgIpc) is 1.93. The predicted octanol–water partition coefficient (Wildman–Crippen LogP) is 2.13. The Morgan fingerprint density at radius 3 is 2.54 bits per heavy atom. The van der Waals surface area contributed by atoms with Gasteiger partial charge in [0.1, 0.15) is 0 Å². The molecule has 3 nitrogen and oxygen atoms in total. The minimum absolute atomic E-state index is 0.0218. The summed E-state index contributed by atoms with van der Waals surface area (Å²) in [5.41, 5.74) is 0. The Labute approximate surface area is 86.4 Å². The lowest BCUT2D eigenvalue weighted by atomic mass is 10.3. The van der Waals surface area contributed by atoms with Gasteiger partial charge < -0.3 is 4.18 Å². The predicted molar refractivity (Wildman–Crippen MR) is 50.8 cm³/mol. The molecule has 0 aliphatic rings. The van der Waals surface area contributed by atoms with E-state index in [1.165, 1.54) is 12.1 Å². The van der Waals surface area contributed by atoms with Crippen molar-refractivity contribution in [3.8, 4) is 5.75 Å². The maximum Gasteiger partial charge on any atom is 0.306 e. The third-order valence-corrected chi connectivity index (χ3v) is 2.07. The zero-order valence-corrected chi connectivity index (χ0v) is 8.87. The number of rotatable bonds is 2. The molecule has 1 aromatic carbocycles. The molecular weight excluding hydrogens is 235 g/mol. The van der Waals surface area contributed by atoms with Crippen LogP contribution in [0.25, 0.3) is 0 Å². The van der Waals surface area contributed by atoms with E-state index < -0.39 is 10.1 Å². The van der Waals surface area contributed by atoms with Crippen LogP contribution in [0.5, 0.6) is 5.75 Å². The lowest BCUT2D eigenvalue weighted by Gasteiger charge is -2.03. The molecule has 0 fully saturated rings. The first-order valence-electron chi connectivity index (χ1n) is 3.15. The second-order valence-corrected chi connectivity index (χ2v) is 4.67. The first-order valence-corrected chi connectivity index (χ1v) is 5.72. The van der Waals surface area contributed by atoms with E-state index in [2.05, 4.69) is 10.2 Å². The van der Waals surface area contributed by atoms with Crippen LogP contribution < -0.4 is 4.18 Å². The van der Waals surface area contributed by atoms with Crippen LogP contribution in [-0.4, -0.2) is 14.7 Å².